The summed E-state index contributed by atoms with van der Waals surface area (Å²) in [5.74, 6) is 1.29. The maximum absolute atomic E-state index is 11.2. The van der Waals surface area contributed by atoms with Crippen LogP contribution < -0.4 is 10.5 Å². The molecule has 1 atom stereocenters. The lowest BCUT2D eigenvalue weighted by atomic mass is 10.2. The fourth-order valence-corrected chi connectivity index (χ4v) is 1.79. The van der Waals surface area contributed by atoms with Crippen LogP contribution in [0, 0.1) is 6.92 Å². The van der Waals surface area contributed by atoms with Gasteiger partial charge in [-0.15, -0.1) is 0 Å². The van der Waals surface area contributed by atoms with Gasteiger partial charge in [0.1, 0.15) is 5.56 Å². The van der Waals surface area contributed by atoms with Crippen LogP contribution in [0.3, 0.4) is 0 Å². The zero-order valence-corrected chi connectivity index (χ0v) is 8.91. The maximum atomic E-state index is 11.2. The summed E-state index contributed by atoms with van der Waals surface area (Å²) in [6.45, 7) is 3.84. The lowest BCUT2D eigenvalue weighted by Crippen LogP contribution is -2.09. The van der Waals surface area contributed by atoms with Gasteiger partial charge in [0.15, 0.2) is 5.80 Å². The molecule has 0 saturated heterocycles. The number of aryl methyl sites for hydroxylation is 1. The van der Waals surface area contributed by atoms with E-state index in [1.807, 2.05) is 0 Å². The van der Waals surface area contributed by atoms with Crippen LogP contribution in [-0.2, 0) is 4.52 Å². The Balaban J connectivity index is 3.07. The highest BCUT2D eigenvalue weighted by atomic mass is 31.1. The first-order valence-corrected chi connectivity index (χ1v) is 5.42. The molecule has 0 fully saturated rings. The van der Waals surface area contributed by atoms with Gasteiger partial charge in [-0.1, -0.05) is 0 Å². The van der Waals surface area contributed by atoms with E-state index in [0.29, 0.717) is 12.2 Å². The molecule has 0 aliphatic heterocycles. The fraction of sp³-hybridized carbons (Fsp3) is 0.333. The van der Waals surface area contributed by atoms with Crippen molar-refractivity contribution >= 4 is 13.8 Å². The van der Waals surface area contributed by atoms with E-state index >= 15 is 0 Å². The van der Waals surface area contributed by atoms with Crippen molar-refractivity contribution in [2.75, 3.05) is 6.61 Å². The Morgan fingerprint density at radius 3 is 3.00 bits per heavy atom. The Morgan fingerprint density at radius 2 is 2.43 bits per heavy atom. The second kappa shape index (κ2) is 5.05. The van der Waals surface area contributed by atoms with E-state index in [0.717, 1.165) is 5.56 Å². The van der Waals surface area contributed by atoms with E-state index in [-0.39, 0.29) is 0 Å². The molecule has 0 aliphatic carbocycles. The molecule has 5 heteroatoms. The molecule has 0 aromatic carbocycles. The molecule has 1 rings (SSSR count). The van der Waals surface area contributed by atoms with Gasteiger partial charge >= 0.3 is 5.63 Å². The van der Waals surface area contributed by atoms with Gasteiger partial charge in [-0.2, -0.15) is 4.52 Å². The molecule has 4 nitrogen and oxygen atoms in total. The minimum Gasteiger partial charge on any atom is -0.603 e. The molecule has 0 N–H and O–H groups in total. The van der Waals surface area contributed by atoms with Crippen molar-refractivity contribution < 1.29 is 13.8 Å². The summed E-state index contributed by atoms with van der Waals surface area (Å²) in [4.78, 5) is 22.4. The molecule has 0 saturated carbocycles. The van der Waals surface area contributed by atoms with Gasteiger partial charge in [0.2, 0.25) is 8.00 Å². The largest absolute Gasteiger partial charge is 0.603 e. The summed E-state index contributed by atoms with van der Waals surface area (Å²) < 4.78 is 9.48. The SMILES string of the molecule is CCO[P+]([O-])=Cc1c(C)ccoc1=O. The minimum absolute atomic E-state index is 0.307. The Kier molecular flexibility index (Phi) is 4.01. The van der Waals surface area contributed by atoms with Crippen molar-refractivity contribution in [1.82, 2.24) is 0 Å². The normalized spacial score (nSPS) is 11.8. The van der Waals surface area contributed by atoms with Crippen LogP contribution >= 0.6 is 8.00 Å². The monoisotopic (exact) mass is 214 g/mol. The van der Waals surface area contributed by atoms with E-state index in [1.165, 1.54) is 12.1 Å². The lowest BCUT2D eigenvalue weighted by Gasteiger charge is -1.96. The van der Waals surface area contributed by atoms with Crippen molar-refractivity contribution in [3.63, 3.8) is 0 Å². The zero-order chi connectivity index (χ0) is 10.6. The first-order valence-electron chi connectivity index (χ1n) is 4.17. The average Bonchev–Trinajstić information content (AvgIpc) is 2.12. The first kappa shape index (κ1) is 11.1. The van der Waals surface area contributed by atoms with Crippen LogP contribution in [0.2, 0.25) is 0 Å². The van der Waals surface area contributed by atoms with Gasteiger partial charge in [0, 0.05) is 0 Å². The quantitative estimate of drug-likeness (QED) is 0.698. The van der Waals surface area contributed by atoms with Crippen LogP contribution in [0.5, 0.6) is 0 Å². The minimum atomic E-state index is -1.92. The molecule has 14 heavy (non-hydrogen) atoms. The van der Waals surface area contributed by atoms with Gasteiger partial charge < -0.3 is 9.31 Å². The summed E-state index contributed by atoms with van der Waals surface area (Å²) in [6, 6.07) is 1.64. The highest BCUT2D eigenvalue weighted by molar-refractivity contribution is 7.45. The van der Waals surface area contributed by atoms with Crippen LogP contribution in [-0.4, -0.2) is 12.4 Å². The standard InChI is InChI=1S/C9H11O4P/c1-3-13-14(11)6-8-7(2)4-5-12-9(8)10/h4-6H,3H2,1-2H3. The highest BCUT2D eigenvalue weighted by Crippen LogP contribution is 2.13. The van der Waals surface area contributed by atoms with E-state index < -0.39 is 13.6 Å². The third-order valence-electron chi connectivity index (χ3n) is 1.63. The van der Waals surface area contributed by atoms with Gasteiger partial charge in [-0.25, -0.2) is 4.79 Å². The predicted molar refractivity (Wildman–Crippen MR) is 53.4 cm³/mol. The number of hydrogen-bond donors (Lipinski definition) is 0. The van der Waals surface area contributed by atoms with E-state index in [1.54, 1.807) is 19.9 Å². The molecule has 1 heterocycles. The fourth-order valence-electron chi connectivity index (χ4n) is 0.937. The summed E-state index contributed by atoms with van der Waals surface area (Å²) >= 11 is 0. The summed E-state index contributed by atoms with van der Waals surface area (Å²) in [7, 11) is -1.92. The molecular formula is C9H11O4P. The molecule has 1 aromatic rings. The van der Waals surface area contributed by atoms with Crippen LogP contribution in [0.15, 0.2) is 21.5 Å². The predicted octanol–water partition coefficient (Wildman–Crippen LogP) is 0.807. The van der Waals surface area contributed by atoms with Crippen LogP contribution in [0.25, 0.3) is 0 Å². The molecule has 0 radical (unpaired) electrons. The van der Waals surface area contributed by atoms with Gasteiger partial charge in [0.25, 0.3) is 0 Å². The van der Waals surface area contributed by atoms with Crippen LogP contribution in [0.1, 0.15) is 18.1 Å². The van der Waals surface area contributed by atoms with Crippen molar-refractivity contribution in [3.05, 3.63) is 33.9 Å². The summed E-state index contributed by atoms with van der Waals surface area (Å²) in [5, 5.41) is 0. The van der Waals surface area contributed by atoms with Crippen molar-refractivity contribution in [2.45, 2.75) is 13.8 Å². The molecule has 0 bridgehead atoms. The Morgan fingerprint density at radius 1 is 1.71 bits per heavy atom. The second-order valence-electron chi connectivity index (χ2n) is 2.64. The molecular weight excluding hydrogens is 203 g/mol. The first-order chi connectivity index (χ1) is 6.65. The van der Waals surface area contributed by atoms with E-state index in [4.69, 9.17) is 4.52 Å². The van der Waals surface area contributed by atoms with Gasteiger partial charge in [0.05, 0.1) is 12.9 Å². The topological polar surface area (TPSA) is 62.5 Å². The molecule has 0 aliphatic rings. The third kappa shape index (κ3) is 2.77. The Hall–Kier alpha value is -0.960. The maximum Gasteiger partial charge on any atom is 0.347 e. The molecule has 0 amide bonds. The van der Waals surface area contributed by atoms with Crippen LogP contribution in [0.4, 0.5) is 0 Å². The Labute approximate surface area is 82.7 Å². The van der Waals surface area contributed by atoms with E-state index in [9.17, 15) is 9.69 Å². The van der Waals surface area contributed by atoms with E-state index in [2.05, 4.69) is 4.42 Å². The molecule has 1 aromatic heterocycles. The summed E-state index contributed by atoms with van der Waals surface area (Å²) in [5.41, 5.74) is 0.541. The van der Waals surface area contributed by atoms with Crippen molar-refractivity contribution in [1.29, 1.82) is 0 Å². The third-order valence-corrected chi connectivity index (χ3v) is 2.61. The Bertz CT molecular complexity index is 394. The van der Waals surface area contributed by atoms with Crippen molar-refractivity contribution in [3.8, 4) is 0 Å². The molecule has 0 spiro atoms. The smallest absolute Gasteiger partial charge is 0.347 e. The number of hydrogen-bond acceptors (Lipinski definition) is 4. The van der Waals surface area contributed by atoms with Crippen molar-refractivity contribution in [2.24, 2.45) is 0 Å². The molecule has 76 valence electrons. The highest BCUT2D eigenvalue weighted by Gasteiger charge is 2.07. The lowest BCUT2D eigenvalue weighted by molar-refractivity contribution is -0.171. The molecule has 1 unspecified atom stereocenters. The number of rotatable bonds is 3. The van der Waals surface area contributed by atoms with Gasteiger partial charge in [-0.3, -0.25) is 0 Å². The summed E-state index contributed by atoms with van der Waals surface area (Å²) in [6.07, 6.45) is 1.31. The zero-order valence-electron chi connectivity index (χ0n) is 8.02. The average molecular weight is 214 g/mol. The van der Waals surface area contributed by atoms with Gasteiger partial charge in [-0.05, 0) is 25.5 Å². The second-order valence-corrected chi connectivity index (χ2v) is 3.72.